The normalized spacial score (nSPS) is 23.3. The molecule has 1 aromatic rings. The Hall–Kier alpha value is -1.40. The maximum atomic E-state index is 12.0. The fourth-order valence-corrected chi connectivity index (χ4v) is 2.22. The molecule has 18 heavy (non-hydrogen) atoms. The molecular formula is C12H20N4O2. The first-order chi connectivity index (χ1) is 8.50. The van der Waals surface area contributed by atoms with Gasteiger partial charge >= 0.3 is 0 Å². The fourth-order valence-electron chi connectivity index (χ4n) is 2.22. The molecule has 0 saturated carbocycles. The Morgan fingerprint density at radius 3 is 2.78 bits per heavy atom. The molecule has 2 rings (SSSR count). The summed E-state index contributed by atoms with van der Waals surface area (Å²) in [5.74, 6) is -0.273. The lowest BCUT2D eigenvalue weighted by Crippen LogP contribution is -2.40. The van der Waals surface area contributed by atoms with Crippen LogP contribution in [0, 0.1) is 19.8 Å². The van der Waals surface area contributed by atoms with Crippen LogP contribution in [0.2, 0.25) is 0 Å². The van der Waals surface area contributed by atoms with Crippen LogP contribution in [0.3, 0.4) is 0 Å². The number of hydrogen-bond donors (Lipinski definition) is 2. The van der Waals surface area contributed by atoms with Crippen molar-refractivity contribution in [1.29, 1.82) is 0 Å². The summed E-state index contributed by atoms with van der Waals surface area (Å²) in [6.45, 7) is 5.30. The maximum Gasteiger partial charge on any atom is 0.227 e. The van der Waals surface area contributed by atoms with Crippen LogP contribution in [0.1, 0.15) is 17.0 Å². The van der Waals surface area contributed by atoms with Crippen LogP contribution >= 0.6 is 0 Å². The van der Waals surface area contributed by atoms with Gasteiger partial charge in [-0.2, -0.15) is 5.10 Å². The first kappa shape index (κ1) is 13.0. The summed E-state index contributed by atoms with van der Waals surface area (Å²) in [6, 6.07) is -0.193. The number of nitrogens with two attached hydrogens (primary N) is 1. The average molecular weight is 252 g/mol. The minimum absolute atomic E-state index is 0.0392. The molecule has 100 valence electrons. The van der Waals surface area contributed by atoms with Gasteiger partial charge in [-0.05, 0) is 13.8 Å². The number of rotatable bonds is 3. The van der Waals surface area contributed by atoms with Gasteiger partial charge in [0, 0.05) is 30.9 Å². The molecule has 0 aliphatic carbocycles. The van der Waals surface area contributed by atoms with Crippen LogP contribution in [-0.2, 0) is 23.1 Å². The van der Waals surface area contributed by atoms with E-state index in [0.717, 1.165) is 17.0 Å². The molecule has 6 heteroatoms. The van der Waals surface area contributed by atoms with Crippen molar-refractivity contribution in [2.75, 3.05) is 13.2 Å². The van der Waals surface area contributed by atoms with E-state index in [1.165, 1.54) is 0 Å². The summed E-state index contributed by atoms with van der Waals surface area (Å²) in [4.78, 5) is 12.0. The van der Waals surface area contributed by atoms with Gasteiger partial charge < -0.3 is 15.8 Å². The van der Waals surface area contributed by atoms with E-state index in [1.54, 1.807) is 0 Å². The van der Waals surface area contributed by atoms with Crippen molar-refractivity contribution in [3.05, 3.63) is 17.0 Å². The van der Waals surface area contributed by atoms with Crippen LogP contribution in [0.25, 0.3) is 0 Å². The van der Waals surface area contributed by atoms with Crippen molar-refractivity contribution < 1.29 is 9.53 Å². The monoisotopic (exact) mass is 252 g/mol. The summed E-state index contributed by atoms with van der Waals surface area (Å²) in [6.07, 6.45) is 0. The Bertz CT molecular complexity index is 455. The Labute approximate surface area is 106 Å². The number of ether oxygens (including phenoxy) is 1. The Balaban J connectivity index is 1.97. The highest BCUT2D eigenvalue weighted by Gasteiger charge is 2.31. The second kappa shape index (κ2) is 5.07. The van der Waals surface area contributed by atoms with Crippen molar-refractivity contribution in [2.24, 2.45) is 18.7 Å². The molecule has 2 heterocycles. The first-order valence-corrected chi connectivity index (χ1v) is 6.10. The standard InChI is InChI=1S/C12H20N4O2/c1-7-9(8(2)16(3)15-7)4-14-12(17)10-5-18-6-11(10)13/h10-11H,4-6,13H2,1-3H3,(H,14,17). The third-order valence-corrected chi connectivity index (χ3v) is 3.56. The van der Waals surface area contributed by atoms with Crippen molar-refractivity contribution in [1.82, 2.24) is 15.1 Å². The molecule has 6 nitrogen and oxygen atoms in total. The van der Waals surface area contributed by atoms with E-state index >= 15 is 0 Å². The van der Waals surface area contributed by atoms with E-state index in [9.17, 15) is 4.79 Å². The van der Waals surface area contributed by atoms with Crippen molar-refractivity contribution in [3.63, 3.8) is 0 Å². The lowest BCUT2D eigenvalue weighted by molar-refractivity contribution is -0.125. The van der Waals surface area contributed by atoms with Gasteiger partial charge in [-0.1, -0.05) is 0 Å². The molecule has 3 N–H and O–H groups in total. The molecule has 1 amide bonds. The maximum absolute atomic E-state index is 12.0. The van der Waals surface area contributed by atoms with Gasteiger partial charge in [-0.25, -0.2) is 0 Å². The molecule has 1 aromatic heterocycles. The Morgan fingerprint density at radius 1 is 1.56 bits per heavy atom. The van der Waals surface area contributed by atoms with Crippen molar-refractivity contribution in [2.45, 2.75) is 26.4 Å². The van der Waals surface area contributed by atoms with Gasteiger partial charge in [0.1, 0.15) is 0 Å². The summed E-state index contributed by atoms with van der Waals surface area (Å²) in [5, 5.41) is 7.23. The predicted molar refractivity (Wildman–Crippen MR) is 66.8 cm³/mol. The first-order valence-electron chi connectivity index (χ1n) is 6.10. The van der Waals surface area contributed by atoms with Crippen LogP contribution in [0.5, 0.6) is 0 Å². The van der Waals surface area contributed by atoms with E-state index in [-0.39, 0.29) is 17.9 Å². The smallest absolute Gasteiger partial charge is 0.227 e. The molecule has 0 bridgehead atoms. The second-order valence-electron chi connectivity index (χ2n) is 4.80. The quantitative estimate of drug-likeness (QED) is 0.768. The van der Waals surface area contributed by atoms with Crippen LogP contribution in [0.15, 0.2) is 0 Å². The molecule has 2 unspecified atom stereocenters. The number of carbonyl (C=O) groups is 1. The van der Waals surface area contributed by atoms with Gasteiger partial charge in [0.2, 0.25) is 5.91 Å². The third-order valence-electron chi connectivity index (χ3n) is 3.56. The summed E-state index contributed by atoms with van der Waals surface area (Å²) in [5.41, 5.74) is 8.89. The fraction of sp³-hybridized carbons (Fsp3) is 0.667. The largest absolute Gasteiger partial charge is 0.379 e. The van der Waals surface area contributed by atoms with Gasteiger partial charge in [0.05, 0.1) is 24.8 Å². The van der Waals surface area contributed by atoms with Gasteiger partial charge in [0.25, 0.3) is 0 Å². The van der Waals surface area contributed by atoms with Crippen molar-refractivity contribution >= 4 is 5.91 Å². The second-order valence-corrected chi connectivity index (χ2v) is 4.80. The minimum Gasteiger partial charge on any atom is -0.379 e. The number of carbonyl (C=O) groups excluding carboxylic acids is 1. The summed E-state index contributed by atoms with van der Waals surface area (Å²) in [7, 11) is 1.90. The predicted octanol–water partition coefficient (Wildman–Crippen LogP) is -0.373. The molecular weight excluding hydrogens is 232 g/mol. The SMILES string of the molecule is Cc1nn(C)c(C)c1CNC(=O)C1COCC1N. The molecule has 0 aromatic carbocycles. The van der Waals surface area contributed by atoms with Crippen LogP contribution in [0.4, 0.5) is 0 Å². The number of amides is 1. The van der Waals surface area contributed by atoms with Gasteiger partial charge in [0.15, 0.2) is 0 Å². The minimum atomic E-state index is -0.234. The molecule has 1 saturated heterocycles. The Kier molecular flexibility index (Phi) is 3.68. The number of nitrogens with one attached hydrogen (secondary N) is 1. The molecule has 2 atom stereocenters. The van der Waals surface area contributed by atoms with E-state index in [2.05, 4.69) is 10.4 Å². The summed E-state index contributed by atoms with van der Waals surface area (Å²) >= 11 is 0. The zero-order chi connectivity index (χ0) is 13.3. The zero-order valence-electron chi connectivity index (χ0n) is 11.1. The Morgan fingerprint density at radius 2 is 2.28 bits per heavy atom. The lowest BCUT2D eigenvalue weighted by Gasteiger charge is -2.13. The third kappa shape index (κ3) is 2.39. The van der Waals surface area contributed by atoms with Gasteiger partial charge in [-0.15, -0.1) is 0 Å². The van der Waals surface area contributed by atoms with E-state index < -0.39 is 0 Å². The van der Waals surface area contributed by atoms with Crippen molar-refractivity contribution in [3.8, 4) is 0 Å². The molecule has 0 spiro atoms. The van der Waals surface area contributed by atoms with E-state index in [4.69, 9.17) is 10.5 Å². The van der Waals surface area contributed by atoms with Gasteiger partial charge in [-0.3, -0.25) is 9.48 Å². The number of hydrogen-bond acceptors (Lipinski definition) is 4. The van der Waals surface area contributed by atoms with Crippen LogP contribution < -0.4 is 11.1 Å². The highest BCUT2D eigenvalue weighted by molar-refractivity contribution is 5.79. The van der Waals surface area contributed by atoms with E-state index in [1.807, 2.05) is 25.6 Å². The molecule has 1 fully saturated rings. The number of aromatic nitrogens is 2. The topological polar surface area (TPSA) is 82.2 Å². The number of nitrogens with zero attached hydrogens (tertiary/aromatic N) is 2. The highest BCUT2D eigenvalue weighted by Crippen LogP contribution is 2.14. The van der Waals surface area contributed by atoms with Crippen LogP contribution in [-0.4, -0.2) is 34.9 Å². The average Bonchev–Trinajstić information content (AvgIpc) is 2.83. The summed E-state index contributed by atoms with van der Waals surface area (Å²) < 4.78 is 7.01. The highest BCUT2D eigenvalue weighted by atomic mass is 16.5. The molecule has 1 aliphatic heterocycles. The molecule has 0 radical (unpaired) electrons. The molecule has 1 aliphatic rings. The number of aryl methyl sites for hydroxylation is 2. The zero-order valence-corrected chi connectivity index (χ0v) is 11.1. The van der Waals surface area contributed by atoms with E-state index in [0.29, 0.717) is 19.8 Å². The lowest BCUT2D eigenvalue weighted by atomic mass is 10.0.